The SMILES string of the molecule is CC(C)(C)C(CCN)Nc1ncnc2c1CCC2. The van der Waals surface area contributed by atoms with Crippen molar-refractivity contribution in [3.63, 3.8) is 0 Å². The van der Waals surface area contributed by atoms with Gasteiger partial charge in [0.25, 0.3) is 0 Å². The minimum absolute atomic E-state index is 0.176. The second-order valence-electron chi connectivity index (χ2n) is 6.14. The minimum Gasteiger partial charge on any atom is -0.366 e. The van der Waals surface area contributed by atoms with Gasteiger partial charge in [-0.2, -0.15) is 0 Å². The molecule has 18 heavy (non-hydrogen) atoms. The van der Waals surface area contributed by atoms with Crippen molar-refractivity contribution in [1.82, 2.24) is 9.97 Å². The van der Waals surface area contributed by atoms with Crippen molar-refractivity contribution in [3.05, 3.63) is 17.6 Å². The van der Waals surface area contributed by atoms with Gasteiger partial charge in [-0.1, -0.05) is 20.8 Å². The zero-order chi connectivity index (χ0) is 13.2. The van der Waals surface area contributed by atoms with Crippen LogP contribution in [0.15, 0.2) is 6.33 Å². The molecule has 1 unspecified atom stereocenters. The predicted molar refractivity (Wildman–Crippen MR) is 74.6 cm³/mol. The Hall–Kier alpha value is -1.16. The minimum atomic E-state index is 0.176. The monoisotopic (exact) mass is 248 g/mol. The van der Waals surface area contributed by atoms with Crippen LogP contribution in [-0.2, 0) is 12.8 Å². The summed E-state index contributed by atoms with van der Waals surface area (Å²) in [6.45, 7) is 7.41. The summed E-state index contributed by atoms with van der Waals surface area (Å²) in [7, 11) is 0. The molecule has 0 aliphatic heterocycles. The molecule has 4 nitrogen and oxygen atoms in total. The molecule has 0 fully saturated rings. The highest BCUT2D eigenvalue weighted by Crippen LogP contribution is 2.29. The number of rotatable bonds is 4. The first-order valence-electron chi connectivity index (χ1n) is 6.81. The highest BCUT2D eigenvalue weighted by Gasteiger charge is 2.26. The number of aryl methyl sites for hydroxylation is 1. The molecule has 1 aromatic heterocycles. The van der Waals surface area contributed by atoms with Crippen molar-refractivity contribution >= 4 is 5.82 Å². The molecule has 3 N–H and O–H groups in total. The topological polar surface area (TPSA) is 63.8 Å². The Morgan fingerprint density at radius 2 is 2.11 bits per heavy atom. The number of aromatic nitrogens is 2. The van der Waals surface area contributed by atoms with E-state index in [1.165, 1.54) is 17.7 Å². The van der Waals surface area contributed by atoms with Crippen molar-refractivity contribution in [2.45, 2.75) is 52.5 Å². The lowest BCUT2D eigenvalue weighted by molar-refractivity contribution is 0.328. The summed E-state index contributed by atoms with van der Waals surface area (Å²) in [4.78, 5) is 8.78. The van der Waals surface area contributed by atoms with Gasteiger partial charge in [-0.3, -0.25) is 0 Å². The summed E-state index contributed by atoms with van der Waals surface area (Å²) in [6, 6.07) is 0.349. The van der Waals surface area contributed by atoms with E-state index >= 15 is 0 Å². The van der Waals surface area contributed by atoms with Crippen LogP contribution in [0.2, 0.25) is 0 Å². The van der Waals surface area contributed by atoms with Crippen LogP contribution in [0, 0.1) is 5.41 Å². The number of nitrogens with one attached hydrogen (secondary N) is 1. The molecule has 1 aliphatic carbocycles. The highest BCUT2D eigenvalue weighted by molar-refractivity contribution is 5.48. The fourth-order valence-corrected chi connectivity index (χ4v) is 2.54. The number of fused-ring (bicyclic) bond motifs is 1. The van der Waals surface area contributed by atoms with E-state index in [9.17, 15) is 0 Å². The van der Waals surface area contributed by atoms with Crippen molar-refractivity contribution in [3.8, 4) is 0 Å². The first-order chi connectivity index (χ1) is 8.52. The maximum atomic E-state index is 5.72. The lowest BCUT2D eigenvalue weighted by atomic mass is 9.84. The molecule has 0 radical (unpaired) electrons. The van der Waals surface area contributed by atoms with E-state index in [0.29, 0.717) is 12.6 Å². The number of nitrogens with zero attached hydrogens (tertiary/aromatic N) is 2. The molecule has 1 atom stereocenters. The average Bonchev–Trinajstić information content (AvgIpc) is 2.76. The summed E-state index contributed by atoms with van der Waals surface area (Å²) in [5.41, 5.74) is 8.42. The van der Waals surface area contributed by atoms with Gasteiger partial charge >= 0.3 is 0 Å². The van der Waals surface area contributed by atoms with E-state index in [1.807, 2.05) is 0 Å². The molecule has 2 rings (SSSR count). The third-order valence-electron chi connectivity index (χ3n) is 3.69. The van der Waals surface area contributed by atoms with Gasteiger partial charge < -0.3 is 11.1 Å². The van der Waals surface area contributed by atoms with Gasteiger partial charge in [0, 0.05) is 17.3 Å². The summed E-state index contributed by atoms with van der Waals surface area (Å²) in [5.74, 6) is 1.02. The third-order valence-corrected chi connectivity index (χ3v) is 3.69. The fraction of sp³-hybridized carbons (Fsp3) is 0.714. The first-order valence-corrected chi connectivity index (χ1v) is 6.81. The number of anilines is 1. The molecule has 0 amide bonds. The normalized spacial score (nSPS) is 16.4. The molecule has 1 aromatic rings. The largest absolute Gasteiger partial charge is 0.366 e. The van der Waals surface area contributed by atoms with Gasteiger partial charge in [0.15, 0.2) is 0 Å². The second-order valence-corrected chi connectivity index (χ2v) is 6.14. The Balaban J connectivity index is 2.19. The van der Waals surface area contributed by atoms with E-state index in [-0.39, 0.29) is 5.41 Å². The van der Waals surface area contributed by atoms with Gasteiger partial charge in [0.1, 0.15) is 12.1 Å². The molecule has 0 spiro atoms. The number of nitrogens with two attached hydrogens (primary N) is 1. The summed E-state index contributed by atoms with van der Waals surface area (Å²) < 4.78 is 0. The van der Waals surface area contributed by atoms with E-state index in [0.717, 1.165) is 25.1 Å². The molecule has 0 saturated heterocycles. The molecule has 0 aromatic carbocycles. The van der Waals surface area contributed by atoms with Crippen LogP contribution in [0.25, 0.3) is 0 Å². The van der Waals surface area contributed by atoms with Crippen LogP contribution in [0.3, 0.4) is 0 Å². The van der Waals surface area contributed by atoms with Crippen molar-refractivity contribution < 1.29 is 0 Å². The Kier molecular flexibility index (Phi) is 3.85. The third kappa shape index (κ3) is 2.80. The van der Waals surface area contributed by atoms with Crippen LogP contribution in [-0.4, -0.2) is 22.6 Å². The highest BCUT2D eigenvalue weighted by atomic mass is 15.1. The van der Waals surface area contributed by atoms with Crippen molar-refractivity contribution in [1.29, 1.82) is 0 Å². The van der Waals surface area contributed by atoms with Gasteiger partial charge in [-0.25, -0.2) is 9.97 Å². The van der Waals surface area contributed by atoms with Gasteiger partial charge in [0.05, 0.1) is 0 Å². The summed E-state index contributed by atoms with van der Waals surface area (Å²) >= 11 is 0. The summed E-state index contributed by atoms with van der Waals surface area (Å²) in [5, 5.41) is 3.59. The quantitative estimate of drug-likeness (QED) is 0.857. The van der Waals surface area contributed by atoms with Crippen LogP contribution in [0.5, 0.6) is 0 Å². The van der Waals surface area contributed by atoms with Gasteiger partial charge in [0.2, 0.25) is 0 Å². The standard InChI is InChI=1S/C14H24N4/c1-14(2,3)12(7-8-15)18-13-10-5-4-6-11(10)16-9-17-13/h9,12H,4-8,15H2,1-3H3,(H,16,17,18). The average molecular weight is 248 g/mol. The zero-order valence-corrected chi connectivity index (χ0v) is 11.7. The number of hydrogen-bond acceptors (Lipinski definition) is 4. The maximum Gasteiger partial charge on any atom is 0.133 e. The van der Waals surface area contributed by atoms with Crippen LogP contribution in [0.4, 0.5) is 5.82 Å². The molecule has 100 valence electrons. The van der Waals surface area contributed by atoms with E-state index in [4.69, 9.17) is 5.73 Å². The van der Waals surface area contributed by atoms with Crippen LogP contribution < -0.4 is 11.1 Å². The Morgan fingerprint density at radius 3 is 2.78 bits per heavy atom. The van der Waals surface area contributed by atoms with E-state index in [2.05, 4.69) is 36.1 Å². The Morgan fingerprint density at radius 1 is 1.33 bits per heavy atom. The van der Waals surface area contributed by atoms with Crippen LogP contribution in [0.1, 0.15) is 44.9 Å². The van der Waals surface area contributed by atoms with Crippen molar-refractivity contribution in [2.24, 2.45) is 11.1 Å². The van der Waals surface area contributed by atoms with Gasteiger partial charge in [-0.05, 0) is 37.6 Å². The molecule has 1 heterocycles. The van der Waals surface area contributed by atoms with Gasteiger partial charge in [-0.15, -0.1) is 0 Å². The first kappa shape index (κ1) is 13.3. The molecule has 1 aliphatic rings. The lowest BCUT2D eigenvalue weighted by Gasteiger charge is -2.32. The zero-order valence-electron chi connectivity index (χ0n) is 11.7. The maximum absolute atomic E-state index is 5.72. The Bertz CT molecular complexity index is 409. The molecular weight excluding hydrogens is 224 g/mol. The van der Waals surface area contributed by atoms with Crippen molar-refractivity contribution in [2.75, 3.05) is 11.9 Å². The lowest BCUT2D eigenvalue weighted by Crippen LogP contribution is -2.36. The predicted octanol–water partition coefficient (Wildman–Crippen LogP) is 2.14. The Labute approximate surface area is 109 Å². The molecule has 0 bridgehead atoms. The van der Waals surface area contributed by atoms with E-state index < -0.39 is 0 Å². The summed E-state index contributed by atoms with van der Waals surface area (Å²) in [6.07, 6.45) is 6.01. The molecule has 0 saturated carbocycles. The van der Waals surface area contributed by atoms with Crippen LogP contribution >= 0.6 is 0 Å². The second kappa shape index (κ2) is 5.22. The smallest absolute Gasteiger partial charge is 0.133 e. The number of hydrogen-bond donors (Lipinski definition) is 2. The fourth-order valence-electron chi connectivity index (χ4n) is 2.54. The molecule has 4 heteroatoms. The van der Waals surface area contributed by atoms with E-state index in [1.54, 1.807) is 6.33 Å². The molecular formula is C14H24N4.